The molecule has 0 amide bonds. The lowest BCUT2D eigenvalue weighted by Crippen LogP contribution is -2.26. The van der Waals surface area contributed by atoms with E-state index in [1.807, 2.05) is 0 Å². The fraction of sp³-hybridized carbons (Fsp3) is 0.909. The molecule has 0 aromatic rings. The first-order valence-electron chi connectivity index (χ1n) is 10.9. The maximum absolute atomic E-state index is 12.3. The monoisotopic (exact) mass is 352 g/mol. The number of unbranched alkanes of at least 4 members (excludes halogenated alkanes) is 12. The van der Waals surface area contributed by atoms with Gasteiger partial charge in [-0.25, -0.2) is 0 Å². The van der Waals surface area contributed by atoms with Crippen LogP contribution in [-0.4, -0.2) is 11.9 Å². The summed E-state index contributed by atoms with van der Waals surface area (Å²) in [5, 5.41) is 0. The van der Waals surface area contributed by atoms with E-state index in [1.54, 1.807) is 0 Å². The third-order valence-electron chi connectivity index (χ3n) is 5.64. The summed E-state index contributed by atoms with van der Waals surface area (Å²) in [6, 6.07) is 0. The molecule has 146 valence electrons. The Morgan fingerprint density at radius 1 is 0.680 bits per heavy atom. The van der Waals surface area contributed by atoms with E-state index in [0.717, 1.165) is 25.7 Å². The first-order chi connectivity index (χ1) is 12.1. The first kappa shape index (κ1) is 22.2. The molecule has 1 saturated heterocycles. The molecule has 1 atom stereocenters. The topological polar surface area (TPSA) is 43.4 Å². The Hall–Kier alpha value is -0.860. The molecule has 1 unspecified atom stereocenters. The van der Waals surface area contributed by atoms with E-state index < -0.39 is 5.41 Å². The molecule has 1 aliphatic heterocycles. The maximum atomic E-state index is 12.3. The molecule has 0 N–H and O–H groups in total. The van der Waals surface area contributed by atoms with Crippen LogP contribution in [-0.2, 0) is 14.3 Å². The highest BCUT2D eigenvalue weighted by Gasteiger charge is 2.47. The van der Waals surface area contributed by atoms with Crippen molar-refractivity contribution in [2.45, 2.75) is 123 Å². The van der Waals surface area contributed by atoms with Crippen LogP contribution in [0, 0.1) is 5.41 Å². The molecule has 0 bridgehead atoms. The average Bonchev–Trinajstić information content (AvgIpc) is 2.87. The Bertz CT molecular complexity index is 377. The van der Waals surface area contributed by atoms with Crippen LogP contribution in [0.5, 0.6) is 0 Å². The Morgan fingerprint density at radius 2 is 1.08 bits per heavy atom. The second kappa shape index (κ2) is 13.4. The average molecular weight is 353 g/mol. The summed E-state index contributed by atoms with van der Waals surface area (Å²) < 4.78 is 4.92. The zero-order chi connectivity index (χ0) is 18.4. The number of cyclic esters (lactones) is 2. The fourth-order valence-electron chi connectivity index (χ4n) is 3.94. The minimum atomic E-state index is -0.496. The Kier molecular flexibility index (Phi) is 11.9. The van der Waals surface area contributed by atoms with E-state index in [2.05, 4.69) is 13.8 Å². The third-order valence-corrected chi connectivity index (χ3v) is 5.64. The highest BCUT2D eigenvalue weighted by molar-refractivity contribution is 5.97. The smallest absolute Gasteiger partial charge is 0.320 e. The summed E-state index contributed by atoms with van der Waals surface area (Å²) in [6.45, 7) is 4.46. The van der Waals surface area contributed by atoms with Gasteiger partial charge < -0.3 is 4.74 Å². The second-order valence-electron chi connectivity index (χ2n) is 7.96. The molecule has 25 heavy (non-hydrogen) atoms. The minimum Gasteiger partial charge on any atom is -0.393 e. The van der Waals surface area contributed by atoms with E-state index in [0.29, 0.717) is 6.42 Å². The summed E-state index contributed by atoms with van der Waals surface area (Å²) >= 11 is 0. The van der Waals surface area contributed by atoms with Crippen LogP contribution in [0.3, 0.4) is 0 Å². The van der Waals surface area contributed by atoms with Crippen LogP contribution in [0.25, 0.3) is 0 Å². The van der Waals surface area contributed by atoms with E-state index in [4.69, 9.17) is 4.74 Å². The summed E-state index contributed by atoms with van der Waals surface area (Å²) in [6.07, 6.45) is 19.3. The summed E-state index contributed by atoms with van der Waals surface area (Å²) in [5.74, 6) is -0.551. The van der Waals surface area contributed by atoms with Crippen LogP contribution >= 0.6 is 0 Å². The summed E-state index contributed by atoms with van der Waals surface area (Å²) in [4.78, 5) is 23.9. The van der Waals surface area contributed by atoms with Crippen molar-refractivity contribution in [1.29, 1.82) is 0 Å². The van der Waals surface area contributed by atoms with Crippen LogP contribution in [0.1, 0.15) is 123 Å². The van der Waals surface area contributed by atoms with Gasteiger partial charge in [-0.1, -0.05) is 104 Å². The number of ether oxygens (including phenoxy) is 1. The number of carbonyl (C=O) groups is 2. The molecule has 1 heterocycles. The lowest BCUT2D eigenvalue weighted by Gasteiger charge is -2.23. The predicted molar refractivity (Wildman–Crippen MR) is 103 cm³/mol. The highest BCUT2D eigenvalue weighted by Crippen LogP contribution is 2.41. The molecule has 3 nitrogen and oxygen atoms in total. The molecule has 0 radical (unpaired) electrons. The predicted octanol–water partition coefficient (Wildman–Crippen LogP) is 6.73. The number of carbonyl (C=O) groups excluding carboxylic acids is 2. The maximum Gasteiger partial charge on any atom is 0.320 e. The molecule has 1 fully saturated rings. The molecule has 0 aromatic heterocycles. The molecular weight excluding hydrogens is 312 g/mol. The van der Waals surface area contributed by atoms with Crippen molar-refractivity contribution in [3.63, 3.8) is 0 Å². The van der Waals surface area contributed by atoms with E-state index >= 15 is 0 Å². The number of rotatable bonds is 16. The molecule has 3 heteroatoms. The lowest BCUT2D eigenvalue weighted by atomic mass is 9.76. The van der Waals surface area contributed by atoms with Gasteiger partial charge in [-0.2, -0.15) is 0 Å². The zero-order valence-electron chi connectivity index (χ0n) is 16.7. The van der Waals surface area contributed by atoms with Gasteiger partial charge >= 0.3 is 11.9 Å². The van der Waals surface area contributed by atoms with Crippen LogP contribution < -0.4 is 0 Å². The lowest BCUT2D eigenvalue weighted by molar-refractivity contribution is -0.155. The van der Waals surface area contributed by atoms with Gasteiger partial charge in [0.05, 0.1) is 11.8 Å². The van der Waals surface area contributed by atoms with E-state index in [-0.39, 0.29) is 11.9 Å². The standard InChI is InChI=1S/C22H40O3/c1-3-5-7-9-11-12-14-16-18-22(19-20(23)25-21(22)24)17-15-13-10-8-6-4-2/h3-19H2,1-2H3. The Labute approximate surface area is 155 Å². The quantitative estimate of drug-likeness (QED) is 0.176. The Balaban J connectivity index is 2.26. The first-order valence-corrected chi connectivity index (χ1v) is 10.9. The minimum absolute atomic E-state index is 0.242. The Morgan fingerprint density at radius 3 is 1.44 bits per heavy atom. The van der Waals surface area contributed by atoms with Crippen molar-refractivity contribution in [1.82, 2.24) is 0 Å². The van der Waals surface area contributed by atoms with Crippen molar-refractivity contribution in [2.24, 2.45) is 5.41 Å². The number of hydrogen-bond acceptors (Lipinski definition) is 3. The van der Waals surface area contributed by atoms with Crippen molar-refractivity contribution in [2.75, 3.05) is 0 Å². The molecule has 1 rings (SSSR count). The number of esters is 2. The molecule has 1 aliphatic rings. The van der Waals surface area contributed by atoms with Gasteiger partial charge in [-0.15, -0.1) is 0 Å². The van der Waals surface area contributed by atoms with Gasteiger partial charge in [0.2, 0.25) is 0 Å². The number of hydrogen-bond donors (Lipinski definition) is 0. The fourth-order valence-corrected chi connectivity index (χ4v) is 3.94. The molecule has 0 aromatic carbocycles. The third kappa shape index (κ3) is 8.87. The van der Waals surface area contributed by atoms with Gasteiger partial charge in [-0.3, -0.25) is 9.59 Å². The molecule has 0 saturated carbocycles. The summed E-state index contributed by atoms with van der Waals surface area (Å²) in [7, 11) is 0. The van der Waals surface area contributed by atoms with Crippen molar-refractivity contribution < 1.29 is 14.3 Å². The van der Waals surface area contributed by atoms with Crippen molar-refractivity contribution in [3.8, 4) is 0 Å². The van der Waals surface area contributed by atoms with E-state index in [9.17, 15) is 9.59 Å². The SMILES string of the molecule is CCCCCCCCCCC1(CCCCCCCC)CC(=O)OC1=O. The molecular formula is C22H40O3. The van der Waals surface area contributed by atoms with Gasteiger partial charge in [0.25, 0.3) is 0 Å². The van der Waals surface area contributed by atoms with Gasteiger partial charge in [0, 0.05) is 0 Å². The zero-order valence-corrected chi connectivity index (χ0v) is 16.7. The largest absolute Gasteiger partial charge is 0.393 e. The molecule has 0 aliphatic carbocycles. The highest BCUT2D eigenvalue weighted by atomic mass is 16.6. The van der Waals surface area contributed by atoms with E-state index in [1.165, 1.54) is 77.0 Å². The normalized spacial score (nSPS) is 20.2. The van der Waals surface area contributed by atoms with Crippen LogP contribution in [0.4, 0.5) is 0 Å². The van der Waals surface area contributed by atoms with Gasteiger partial charge in [0.15, 0.2) is 0 Å². The van der Waals surface area contributed by atoms with Crippen molar-refractivity contribution in [3.05, 3.63) is 0 Å². The van der Waals surface area contributed by atoms with Gasteiger partial charge in [-0.05, 0) is 12.8 Å². The molecule has 0 spiro atoms. The van der Waals surface area contributed by atoms with Crippen molar-refractivity contribution >= 4 is 11.9 Å². The summed E-state index contributed by atoms with van der Waals surface area (Å²) in [5.41, 5.74) is -0.496. The second-order valence-corrected chi connectivity index (χ2v) is 7.96. The van der Waals surface area contributed by atoms with Crippen LogP contribution in [0.15, 0.2) is 0 Å². The van der Waals surface area contributed by atoms with Gasteiger partial charge in [0.1, 0.15) is 0 Å². The van der Waals surface area contributed by atoms with Crippen LogP contribution in [0.2, 0.25) is 0 Å².